The number of aryl methyl sites for hydroxylation is 1. The molecule has 0 saturated heterocycles. The van der Waals surface area contributed by atoms with Crippen molar-refractivity contribution in [2.75, 3.05) is 19.7 Å². The first-order valence-corrected chi connectivity index (χ1v) is 6.20. The summed E-state index contributed by atoms with van der Waals surface area (Å²) in [5.74, 6) is -0.187. The summed E-state index contributed by atoms with van der Waals surface area (Å²) < 4.78 is 4.97. The van der Waals surface area contributed by atoms with E-state index in [2.05, 4.69) is 25.6 Å². The topological polar surface area (TPSA) is 29.5 Å². The maximum Gasteiger partial charge on any atom is 0.320 e. The summed E-state index contributed by atoms with van der Waals surface area (Å²) in [6, 6.07) is 8.18. The van der Waals surface area contributed by atoms with E-state index >= 15 is 0 Å². The van der Waals surface area contributed by atoms with Crippen LogP contribution in [0.5, 0.6) is 0 Å². The van der Waals surface area contributed by atoms with Crippen molar-refractivity contribution < 1.29 is 9.53 Å². The smallest absolute Gasteiger partial charge is 0.320 e. The van der Waals surface area contributed by atoms with Crippen LogP contribution >= 0.6 is 0 Å². The van der Waals surface area contributed by atoms with Crippen molar-refractivity contribution in [3.8, 4) is 0 Å². The predicted octanol–water partition coefficient (Wildman–Crippen LogP) is 2.55. The van der Waals surface area contributed by atoms with E-state index < -0.39 is 0 Å². The van der Waals surface area contributed by atoms with Gasteiger partial charge in [-0.3, -0.25) is 9.69 Å². The van der Waals surface area contributed by atoms with E-state index in [-0.39, 0.29) is 5.97 Å². The number of nitrogens with zero attached hydrogens (tertiary/aromatic N) is 1. The van der Waals surface area contributed by atoms with Gasteiger partial charge < -0.3 is 4.74 Å². The van der Waals surface area contributed by atoms with Gasteiger partial charge in [0, 0.05) is 13.1 Å². The molecule has 0 aliphatic rings. The van der Waals surface area contributed by atoms with Gasteiger partial charge in [-0.25, -0.2) is 0 Å². The molecule has 1 rings (SSSR count). The monoisotopic (exact) mass is 247 g/mol. The van der Waals surface area contributed by atoms with Crippen molar-refractivity contribution in [1.29, 1.82) is 0 Å². The molecule has 1 aromatic carbocycles. The van der Waals surface area contributed by atoms with Crippen LogP contribution in [-0.4, -0.2) is 30.6 Å². The van der Waals surface area contributed by atoms with E-state index in [1.807, 2.05) is 24.0 Å². The zero-order chi connectivity index (χ0) is 13.4. The van der Waals surface area contributed by atoms with Gasteiger partial charge in [0.25, 0.3) is 0 Å². The first-order valence-electron chi connectivity index (χ1n) is 6.20. The molecule has 0 bridgehead atoms. The highest BCUT2D eigenvalue weighted by Gasteiger charge is 2.11. The van der Waals surface area contributed by atoms with Gasteiger partial charge in [-0.2, -0.15) is 0 Å². The molecule has 0 heterocycles. The van der Waals surface area contributed by atoms with Crippen LogP contribution in [0.3, 0.4) is 0 Å². The lowest BCUT2D eigenvalue weighted by atomic mass is 10.1. The van der Waals surface area contributed by atoms with Crippen LogP contribution in [0, 0.1) is 6.92 Å². The van der Waals surface area contributed by atoms with Crippen molar-refractivity contribution in [3.05, 3.63) is 48.0 Å². The molecular weight excluding hydrogens is 226 g/mol. The van der Waals surface area contributed by atoms with Gasteiger partial charge in [-0.15, -0.1) is 6.58 Å². The van der Waals surface area contributed by atoms with E-state index in [0.29, 0.717) is 19.7 Å². The van der Waals surface area contributed by atoms with Crippen LogP contribution < -0.4 is 0 Å². The Hall–Kier alpha value is -1.61. The molecular formula is C15H21NO2. The molecule has 98 valence electrons. The van der Waals surface area contributed by atoms with Crippen molar-refractivity contribution in [2.24, 2.45) is 0 Å². The zero-order valence-corrected chi connectivity index (χ0v) is 11.2. The highest BCUT2D eigenvalue weighted by molar-refractivity contribution is 5.71. The Bertz CT molecular complexity index is 401. The van der Waals surface area contributed by atoms with Gasteiger partial charge in [-0.05, 0) is 25.0 Å². The maximum atomic E-state index is 11.5. The van der Waals surface area contributed by atoms with Gasteiger partial charge in [0.2, 0.25) is 0 Å². The molecule has 0 saturated carbocycles. The molecule has 0 aliphatic heterocycles. The lowest BCUT2D eigenvalue weighted by molar-refractivity contribution is -0.144. The summed E-state index contributed by atoms with van der Waals surface area (Å²) in [6.07, 6.45) is 1.80. The molecule has 3 nitrogen and oxygen atoms in total. The van der Waals surface area contributed by atoms with Crippen LogP contribution in [0.4, 0.5) is 0 Å². The van der Waals surface area contributed by atoms with Crippen LogP contribution in [0.2, 0.25) is 0 Å². The molecule has 0 radical (unpaired) electrons. The van der Waals surface area contributed by atoms with Crippen molar-refractivity contribution in [1.82, 2.24) is 4.90 Å². The summed E-state index contributed by atoms with van der Waals surface area (Å²) in [6.45, 7) is 9.74. The molecule has 0 N–H and O–H groups in total. The number of esters is 1. The van der Waals surface area contributed by atoms with Gasteiger partial charge in [0.15, 0.2) is 0 Å². The number of hydrogen-bond donors (Lipinski definition) is 0. The zero-order valence-electron chi connectivity index (χ0n) is 11.2. The Morgan fingerprint density at radius 1 is 1.44 bits per heavy atom. The lowest BCUT2D eigenvalue weighted by Gasteiger charge is -2.20. The first-order chi connectivity index (χ1) is 8.67. The van der Waals surface area contributed by atoms with E-state index in [1.165, 1.54) is 11.1 Å². The highest BCUT2D eigenvalue weighted by atomic mass is 16.5. The molecule has 0 aromatic heterocycles. The minimum absolute atomic E-state index is 0.187. The summed E-state index contributed by atoms with van der Waals surface area (Å²) >= 11 is 0. The Labute approximate surface area is 109 Å². The fraction of sp³-hybridized carbons (Fsp3) is 0.400. The van der Waals surface area contributed by atoms with Crippen molar-refractivity contribution in [3.63, 3.8) is 0 Å². The second kappa shape index (κ2) is 7.67. The van der Waals surface area contributed by atoms with Crippen LogP contribution in [-0.2, 0) is 16.1 Å². The quantitative estimate of drug-likeness (QED) is 0.548. The van der Waals surface area contributed by atoms with E-state index in [9.17, 15) is 4.79 Å². The normalized spacial score (nSPS) is 10.4. The van der Waals surface area contributed by atoms with Crippen molar-refractivity contribution in [2.45, 2.75) is 20.4 Å². The molecule has 0 amide bonds. The second-order valence-corrected chi connectivity index (χ2v) is 4.19. The Morgan fingerprint density at radius 3 is 2.78 bits per heavy atom. The van der Waals surface area contributed by atoms with Crippen LogP contribution in [0.15, 0.2) is 36.9 Å². The summed E-state index contributed by atoms with van der Waals surface area (Å²) in [7, 11) is 0. The number of rotatable bonds is 7. The average molecular weight is 247 g/mol. The Morgan fingerprint density at radius 2 is 2.17 bits per heavy atom. The second-order valence-electron chi connectivity index (χ2n) is 4.19. The van der Waals surface area contributed by atoms with E-state index in [1.54, 1.807) is 6.08 Å². The summed E-state index contributed by atoms with van der Waals surface area (Å²) in [4.78, 5) is 13.5. The number of carbonyl (C=O) groups is 1. The van der Waals surface area contributed by atoms with Gasteiger partial charge in [0.1, 0.15) is 0 Å². The third kappa shape index (κ3) is 4.72. The van der Waals surface area contributed by atoms with E-state index in [0.717, 1.165) is 6.54 Å². The third-order valence-electron chi connectivity index (χ3n) is 2.70. The van der Waals surface area contributed by atoms with Crippen LogP contribution in [0.25, 0.3) is 0 Å². The van der Waals surface area contributed by atoms with Crippen molar-refractivity contribution >= 4 is 5.97 Å². The lowest BCUT2D eigenvalue weighted by Crippen LogP contribution is -2.31. The predicted molar refractivity (Wildman–Crippen MR) is 73.3 cm³/mol. The number of hydrogen-bond acceptors (Lipinski definition) is 3. The minimum atomic E-state index is -0.187. The average Bonchev–Trinajstić information content (AvgIpc) is 2.32. The van der Waals surface area contributed by atoms with Crippen LogP contribution in [0.1, 0.15) is 18.1 Å². The SMILES string of the molecule is C=CCN(CC(=O)OCC)Cc1ccccc1C. The standard InChI is InChI=1S/C15H21NO2/c1-4-10-16(12-15(17)18-5-2)11-14-9-7-6-8-13(14)3/h4,6-9H,1,5,10-12H2,2-3H3. The number of benzene rings is 1. The fourth-order valence-electron chi connectivity index (χ4n) is 1.79. The molecule has 18 heavy (non-hydrogen) atoms. The molecule has 0 aliphatic carbocycles. The molecule has 0 unspecified atom stereocenters. The number of ether oxygens (including phenoxy) is 1. The maximum absolute atomic E-state index is 11.5. The van der Waals surface area contributed by atoms with Gasteiger partial charge in [-0.1, -0.05) is 30.3 Å². The summed E-state index contributed by atoms with van der Waals surface area (Å²) in [5.41, 5.74) is 2.46. The highest BCUT2D eigenvalue weighted by Crippen LogP contribution is 2.10. The molecule has 3 heteroatoms. The van der Waals surface area contributed by atoms with E-state index in [4.69, 9.17) is 4.74 Å². The summed E-state index contributed by atoms with van der Waals surface area (Å²) in [5, 5.41) is 0. The number of carbonyl (C=O) groups excluding carboxylic acids is 1. The first kappa shape index (κ1) is 14.5. The largest absolute Gasteiger partial charge is 0.465 e. The Kier molecular flexibility index (Phi) is 6.15. The van der Waals surface area contributed by atoms with Gasteiger partial charge in [0.05, 0.1) is 13.2 Å². The molecule has 0 atom stereocenters. The molecule has 1 aromatic rings. The Balaban J connectivity index is 2.65. The third-order valence-corrected chi connectivity index (χ3v) is 2.70. The fourth-order valence-corrected chi connectivity index (χ4v) is 1.79. The molecule has 0 fully saturated rings. The van der Waals surface area contributed by atoms with Gasteiger partial charge >= 0.3 is 5.97 Å². The minimum Gasteiger partial charge on any atom is -0.465 e. The molecule has 0 spiro atoms.